The van der Waals surface area contributed by atoms with Crippen molar-refractivity contribution < 1.29 is 48.1 Å². The molecule has 0 bridgehead atoms. The number of nitrogens with one attached hydrogen (secondary N) is 5. The van der Waals surface area contributed by atoms with Gasteiger partial charge in [0.25, 0.3) is 0 Å². The number of nitrogens with zero attached hydrogens (tertiary/aromatic N) is 3. The second kappa shape index (κ2) is 25.9. The maximum absolute atomic E-state index is 14.1. The number of hydrogen-bond donors (Lipinski definition) is 6. The number of carbonyl (C=O) groups is 7. The van der Waals surface area contributed by atoms with Crippen LogP contribution in [-0.2, 0) is 49.5 Å². The molecule has 1 aliphatic rings. The summed E-state index contributed by atoms with van der Waals surface area (Å²) in [7, 11) is 8.36. The molecule has 1 saturated heterocycles. The van der Waals surface area contributed by atoms with Gasteiger partial charge in [-0.05, 0) is 62.9 Å². The zero-order valence-corrected chi connectivity index (χ0v) is 37.1. The zero-order valence-electron chi connectivity index (χ0n) is 37.1. The van der Waals surface area contributed by atoms with E-state index < -0.39 is 54.1 Å². The largest absolute Gasteiger partial charge is 0.394 e. The van der Waals surface area contributed by atoms with Gasteiger partial charge in [-0.2, -0.15) is 0 Å². The molecule has 18 heteroatoms. The lowest BCUT2D eigenvalue weighted by atomic mass is 9.90. The second-order valence-corrected chi connectivity index (χ2v) is 16.1. The van der Waals surface area contributed by atoms with Crippen LogP contribution in [0.3, 0.4) is 0 Å². The van der Waals surface area contributed by atoms with Crippen molar-refractivity contribution in [1.29, 1.82) is 0 Å². The molecule has 0 spiro atoms. The fourth-order valence-corrected chi connectivity index (χ4v) is 7.93. The molecular weight excluding hydrogens is 777 g/mol. The lowest BCUT2D eigenvalue weighted by Gasteiger charge is -2.39. The minimum absolute atomic E-state index is 0.00906. The molecule has 2 rings (SSSR count). The van der Waals surface area contributed by atoms with E-state index in [0.717, 1.165) is 5.56 Å². The van der Waals surface area contributed by atoms with E-state index in [0.29, 0.717) is 44.3 Å². The Kier molecular flexibility index (Phi) is 22.2. The first-order chi connectivity index (χ1) is 28.4. The van der Waals surface area contributed by atoms with E-state index in [4.69, 9.17) is 9.47 Å². The van der Waals surface area contributed by atoms with E-state index in [1.807, 2.05) is 46.7 Å². The third kappa shape index (κ3) is 15.4. The first kappa shape index (κ1) is 51.5. The monoisotopic (exact) mass is 847 g/mol. The summed E-state index contributed by atoms with van der Waals surface area (Å²) in [6, 6.07) is 4.94. The fraction of sp³-hybridized carbons (Fsp3) is 0.690. The molecule has 338 valence electrons. The Balaban J connectivity index is 2.08. The van der Waals surface area contributed by atoms with Gasteiger partial charge in [0.2, 0.25) is 41.9 Å². The van der Waals surface area contributed by atoms with Crippen molar-refractivity contribution in [1.82, 2.24) is 36.0 Å². The summed E-state index contributed by atoms with van der Waals surface area (Å²) >= 11 is 0. The van der Waals surface area contributed by atoms with Crippen LogP contribution < -0.4 is 26.6 Å². The van der Waals surface area contributed by atoms with Crippen LogP contribution in [-0.4, -0.2) is 166 Å². The minimum atomic E-state index is -0.692. The minimum Gasteiger partial charge on any atom is -0.394 e. The second-order valence-electron chi connectivity index (χ2n) is 16.1. The Hall–Kier alpha value is -4.65. The Bertz CT molecular complexity index is 1550. The van der Waals surface area contributed by atoms with Crippen LogP contribution >= 0.6 is 0 Å². The maximum atomic E-state index is 14.1. The lowest BCUT2D eigenvalue weighted by Crippen LogP contribution is -2.55. The van der Waals surface area contributed by atoms with Crippen LogP contribution in [0.4, 0.5) is 5.69 Å². The van der Waals surface area contributed by atoms with Crippen molar-refractivity contribution in [2.45, 2.75) is 103 Å². The standard InChI is InChI=1S/C42H70N8O10/c1-11-27(4)39(49(8)37(56)23-45-42(58)38(26(2)3)48(6)7)33(59-9)20-36(55)50-18-12-13-32(50)40(60-10)28(5)41(57)47-31(24-51)19-29-14-16-30(17-15-29)46-35(54)22-44-34(53)21-43-25-52/h14-17,25-28,31-33,38-40,51H,11-13,18-24H2,1-10H3,(H,43,52)(H,44,53)(H,45,58)(H,46,54)(H,47,57). The van der Waals surface area contributed by atoms with E-state index in [1.165, 1.54) is 14.2 Å². The number of likely N-dealkylation sites (tertiary alicyclic amines) is 1. The van der Waals surface area contributed by atoms with E-state index >= 15 is 0 Å². The van der Waals surface area contributed by atoms with Gasteiger partial charge in [-0.3, -0.25) is 38.5 Å². The number of anilines is 1. The van der Waals surface area contributed by atoms with Gasteiger partial charge in [-0.15, -0.1) is 0 Å². The third-order valence-electron chi connectivity index (χ3n) is 11.3. The molecule has 1 aliphatic heterocycles. The first-order valence-corrected chi connectivity index (χ1v) is 20.7. The maximum Gasteiger partial charge on any atom is 0.243 e. The molecule has 1 aromatic rings. The molecule has 8 atom stereocenters. The van der Waals surface area contributed by atoms with Crippen molar-refractivity contribution in [2.24, 2.45) is 17.8 Å². The van der Waals surface area contributed by atoms with Gasteiger partial charge < -0.3 is 51.0 Å². The van der Waals surface area contributed by atoms with E-state index in [9.17, 15) is 38.7 Å². The summed E-state index contributed by atoms with van der Waals surface area (Å²) in [6.45, 7) is 9.06. The summed E-state index contributed by atoms with van der Waals surface area (Å²) in [4.78, 5) is 93.5. The van der Waals surface area contributed by atoms with Gasteiger partial charge >= 0.3 is 0 Å². The van der Waals surface area contributed by atoms with E-state index in [2.05, 4.69) is 26.6 Å². The highest BCUT2D eigenvalue weighted by Gasteiger charge is 2.42. The predicted octanol–water partition coefficient (Wildman–Crippen LogP) is 0.130. The number of carbonyl (C=O) groups excluding carboxylic acids is 7. The number of benzene rings is 1. The number of hydrogen-bond acceptors (Lipinski definition) is 11. The molecule has 60 heavy (non-hydrogen) atoms. The molecule has 0 saturated carbocycles. The van der Waals surface area contributed by atoms with Crippen molar-refractivity contribution in [3.63, 3.8) is 0 Å². The van der Waals surface area contributed by atoms with Crippen LogP contribution in [0.5, 0.6) is 0 Å². The van der Waals surface area contributed by atoms with Gasteiger partial charge in [-0.25, -0.2) is 0 Å². The molecule has 0 radical (unpaired) electrons. The van der Waals surface area contributed by atoms with E-state index in [1.54, 1.807) is 48.0 Å². The molecule has 0 aliphatic carbocycles. The van der Waals surface area contributed by atoms with Gasteiger partial charge in [0.05, 0.1) is 75.0 Å². The van der Waals surface area contributed by atoms with Crippen LogP contribution in [0.2, 0.25) is 0 Å². The fourth-order valence-electron chi connectivity index (χ4n) is 7.93. The number of ether oxygens (including phenoxy) is 2. The van der Waals surface area contributed by atoms with Gasteiger partial charge in [0, 0.05) is 33.5 Å². The van der Waals surface area contributed by atoms with Crippen molar-refractivity contribution in [3.8, 4) is 0 Å². The molecule has 1 aromatic carbocycles. The van der Waals surface area contributed by atoms with Gasteiger partial charge in [-0.1, -0.05) is 53.2 Å². The predicted molar refractivity (Wildman–Crippen MR) is 226 cm³/mol. The van der Waals surface area contributed by atoms with Gasteiger partial charge in [0.15, 0.2) is 0 Å². The zero-order chi connectivity index (χ0) is 45.1. The topological polar surface area (TPSA) is 228 Å². The van der Waals surface area contributed by atoms with Crippen LogP contribution in [0.1, 0.15) is 65.9 Å². The number of methoxy groups -OCH3 is 2. The molecular formula is C42H70N8O10. The Morgan fingerprint density at radius 1 is 0.917 bits per heavy atom. The highest BCUT2D eigenvalue weighted by atomic mass is 16.5. The smallest absolute Gasteiger partial charge is 0.243 e. The SMILES string of the molecule is CCC(C)C(C(CC(=O)N1CCCC1C(OC)C(C)C(=O)NC(CO)Cc1ccc(NC(=O)CNC(=O)CNC=O)cc1)OC)N(C)C(=O)CNC(=O)C(C(C)C)N(C)C. The molecule has 18 nitrogen and oxygen atoms in total. The van der Waals surface area contributed by atoms with Crippen LogP contribution in [0.15, 0.2) is 24.3 Å². The Morgan fingerprint density at radius 3 is 2.13 bits per heavy atom. The average Bonchev–Trinajstić information content (AvgIpc) is 3.70. The quantitative estimate of drug-likeness (QED) is 0.0688. The summed E-state index contributed by atoms with van der Waals surface area (Å²) < 4.78 is 11.8. The third-order valence-corrected chi connectivity index (χ3v) is 11.3. The molecule has 1 heterocycles. The molecule has 8 unspecified atom stereocenters. The summed E-state index contributed by atoms with van der Waals surface area (Å²) in [5.74, 6) is -2.71. The molecule has 0 aromatic heterocycles. The van der Waals surface area contributed by atoms with Crippen molar-refractivity contribution >= 4 is 47.5 Å². The van der Waals surface area contributed by atoms with Crippen molar-refractivity contribution in [3.05, 3.63) is 29.8 Å². The number of likely N-dealkylation sites (N-methyl/N-ethyl adjacent to an activating group) is 2. The number of aliphatic hydroxyl groups is 1. The normalized spacial score (nSPS) is 17.4. The lowest BCUT2D eigenvalue weighted by molar-refractivity contribution is -0.146. The Morgan fingerprint density at radius 2 is 1.58 bits per heavy atom. The highest BCUT2D eigenvalue weighted by Crippen LogP contribution is 2.29. The highest BCUT2D eigenvalue weighted by molar-refractivity contribution is 5.95. The summed E-state index contributed by atoms with van der Waals surface area (Å²) in [5.41, 5.74) is 1.27. The summed E-state index contributed by atoms with van der Waals surface area (Å²) in [5, 5.41) is 23.2. The van der Waals surface area contributed by atoms with Gasteiger partial charge in [0.1, 0.15) is 0 Å². The molecule has 1 fully saturated rings. The number of rotatable bonds is 26. The Labute approximate surface area is 355 Å². The van der Waals surface area contributed by atoms with Crippen molar-refractivity contribution in [2.75, 3.05) is 73.5 Å². The molecule has 6 N–H and O–H groups in total. The summed E-state index contributed by atoms with van der Waals surface area (Å²) in [6.07, 6.45) is 1.42. The number of amides is 7. The van der Waals surface area contributed by atoms with Crippen LogP contribution in [0, 0.1) is 17.8 Å². The first-order valence-electron chi connectivity index (χ1n) is 20.7. The molecule has 7 amide bonds. The van der Waals surface area contributed by atoms with Crippen LogP contribution in [0.25, 0.3) is 0 Å². The number of aliphatic hydroxyl groups excluding tert-OH is 1. The average molecular weight is 847 g/mol. The van der Waals surface area contributed by atoms with E-state index in [-0.39, 0.29) is 68.1 Å².